The molecule has 130 valence electrons. The Hall–Kier alpha value is -2.70. The van der Waals surface area contributed by atoms with E-state index in [0.717, 1.165) is 19.5 Å². The molecule has 2 atom stereocenters. The number of hydrogen-bond acceptors (Lipinski definition) is 6. The lowest BCUT2D eigenvalue weighted by atomic mass is 10.1. The summed E-state index contributed by atoms with van der Waals surface area (Å²) in [6.45, 7) is 2.89. The Labute approximate surface area is 146 Å². The van der Waals surface area contributed by atoms with Gasteiger partial charge in [0.15, 0.2) is 0 Å². The third-order valence-electron chi connectivity index (χ3n) is 4.92. The summed E-state index contributed by atoms with van der Waals surface area (Å²) >= 11 is 0. The molecule has 1 aliphatic heterocycles. The van der Waals surface area contributed by atoms with E-state index in [1.165, 1.54) is 5.56 Å². The van der Waals surface area contributed by atoms with Crippen molar-refractivity contribution in [2.24, 2.45) is 5.92 Å². The zero-order chi connectivity index (χ0) is 17.2. The number of aromatic nitrogens is 3. The largest absolute Gasteiger partial charge is 0.481 e. The van der Waals surface area contributed by atoms with Gasteiger partial charge in [-0.3, -0.25) is 9.78 Å². The standard InChI is InChI=1S/C18H21N5O2/c1-25-16-4-6-20-18(21-16)23-9-7-22(8-10-23)17(24)15-11-14(15)13-3-2-5-19-12-13/h2-6,12,14-15H,7-11H2,1H3/t14-,15+/m0/s1. The van der Waals surface area contributed by atoms with Crippen molar-refractivity contribution in [3.8, 4) is 5.88 Å². The maximum Gasteiger partial charge on any atom is 0.228 e. The Kier molecular flexibility index (Phi) is 4.21. The van der Waals surface area contributed by atoms with Gasteiger partial charge in [-0.2, -0.15) is 4.98 Å². The highest BCUT2D eigenvalue weighted by Crippen LogP contribution is 2.48. The average molecular weight is 339 g/mol. The van der Waals surface area contributed by atoms with Crippen LogP contribution in [0.25, 0.3) is 0 Å². The summed E-state index contributed by atoms with van der Waals surface area (Å²) in [5.74, 6) is 1.93. The van der Waals surface area contributed by atoms with Crippen LogP contribution in [0.1, 0.15) is 17.9 Å². The minimum Gasteiger partial charge on any atom is -0.481 e. The maximum absolute atomic E-state index is 12.7. The Balaban J connectivity index is 1.34. The molecule has 25 heavy (non-hydrogen) atoms. The van der Waals surface area contributed by atoms with Gasteiger partial charge in [0.1, 0.15) is 0 Å². The molecule has 1 saturated heterocycles. The zero-order valence-electron chi connectivity index (χ0n) is 14.2. The molecule has 2 aromatic heterocycles. The number of carbonyl (C=O) groups excluding carboxylic acids is 1. The van der Waals surface area contributed by atoms with Crippen molar-refractivity contribution in [1.29, 1.82) is 0 Å². The number of piperazine rings is 1. The Morgan fingerprint density at radius 2 is 2.04 bits per heavy atom. The minimum atomic E-state index is 0.115. The summed E-state index contributed by atoms with van der Waals surface area (Å²) in [5, 5.41) is 0. The van der Waals surface area contributed by atoms with Gasteiger partial charge < -0.3 is 14.5 Å². The fourth-order valence-electron chi connectivity index (χ4n) is 3.39. The number of nitrogens with zero attached hydrogens (tertiary/aromatic N) is 5. The van der Waals surface area contributed by atoms with Crippen molar-refractivity contribution in [3.05, 3.63) is 42.4 Å². The van der Waals surface area contributed by atoms with Gasteiger partial charge in [0.25, 0.3) is 0 Å². The van der Waals surface area contributed by atoms with E-state index >= 15 is 0 Å². The lowest BCUT2D eigenvalue weighted by Gasteiger charge is -2.35. The first-order chi connectivity index (χ1) is 12.3. The van der Waals surface area contributed by atoms with Crippen molar-refractivity contribution in [2.75, 3.05) is 38.2 Å². The van der Waals surface area contributed by atoms with E-state index in [2.05, 4.69) is 25.9 Å². The lowest BCUT2D eigenvalue weighted by Crippen LogP contribution is -2.49. The second kappa shape index (κ2) is 6.66. The van der Waals surface area contributed by atoms with Gasteiger partial charge in [-0.15, -0.1) is 0 Å². The molecular weight excluding hydrogens is 318 g/mol. The second-order valence-corrected chi connectivity index (χ2v) is 6.45. The molecule has 2 fully saturated rings. The third kappa shape index (κ3) is 3.26. The van der Waals surface area contributed by atoms with Gasteiger partial charge in [0.05, 0.1) is 7.11 Å². The van der Waals surface area contributed by atoms with E-state index in [4.69, 9.17) is 4.74 Å². The third-order valence-corrected chi connectivity index (χ3v) is 4.92. The number of carbonyl (C=O) groups is 1. The van der Waals surface area contributed by atoms with Gasteiger partial charge in [-0.1, -0.05) is 6.07 Å². The molecule has 0 bridgehead atoms. The number of amides is 1. The Morgan fingerprint density at radius 1 is 1.20 bits per heavy atom. The van der Waals surface area contributed by atoms with Gasteiger partial charge in [0.2, 0.25) is 17.7 Å². The Bertz CT molecular complexity index is 746. The van der Waals surface area contributed by atoms with Gasteiger partial charge in [-0.05, 0) is 24.0 Å². The zero-order valence-corrected chi connectivity index (χ0v) is 14.2. The van der Waals surface area contributed by atoms with E-state index < -0.39 is 0 Å². The predicted octanol–water partition coefficient (Wildman–Crippen LogP) is 1.33. The topological polar surface area (TPSA) is 71.5 Å². The molecule has 4 rings (SSSR count). The number of pyridine rings is 1. The average Bonchev–Trinajstić information content (AvgIpc) is 3.49. The van der Waals surface area contributed by atoms with Crippen molar-refractivity contribution >= 4 is 11.9 Å². The normalized spacial score (nSPS) is 22.6. The van der Waals surface area contributed by atoms with E-state index in [0.29, 0.717) is 30.8 Å². The SMILES string of the molecule is COc1ccnc(N2CCN(C(=O)[C@@H]3C[C@H]3c3cccnc3)CC2)n1. The van der Waals surface area contributed by atoms with Crippen LogP contribution in [0, 0.1) is 5.92 Å². The highest BCUT2D eigenvalue weighted by atomic mass is 16.5. The van der Waals surface area contributed by atoms with Crippen LogP contribution in [-0.2, 0) is 4.79 Å². The molecule has 2 aliphatic rings. The van der Waals surface area contributed by atoms with Crippen LogP contribution in [0.5, 0.6) is 5.88 Å². The highest BCUT2D eigenvalue weighted by Gasteiger charge is 2.46. The monoisotopic (exact) mass is 339 g/mol. The fraction of sp³-hybridized carbons (Fsp3) is 0.444. The summed E-state index contributed by atoms with van der Waals surface area (Å²) in [6.07, 6.45) is 6.27. The van der Waals surface area contributed by atoms with Gasteiger partial charge in [0, 0.05) is 56.8 Å². The van der Waals surface area contributed by atoms with Crippen molar-refractivity contribution in [3.63, 3.8) is 0 Å². The van der Waals surface area contributed by atoms with E-state index in [-0.39, 0.29) is 11.8 Å². The van der Waals surface area contributed by atoms with E-state index in [9.17, 15) is 4.79 Å². The summed E-state index contributed by atoms with van der Waals surface area (Å²) in [4.78, 5) is 29.6. The molecule has 1 aliphatic carbocycles. The highest BCUT2D eigenvalue weighted by molar-refractivity contribution is 5.83. The first-order valence-corrected chi connectivity index (χ1v) is 8.57. The first-order valence-electron chi connectivity index (χ1n) is 8.57. The van der Waals surface area contributed by atoms with Crippen molar-refractivity contribution < 1.29 is 9.53 Å². The van der Waals surface area contributed by atoms with Crippen LogP contribution in [0.3, 0.4) is 0 Å². The van der Waals surface area contributed by atoms with Crippen molar-refractivity contribution in [2.45, 2.75) is 12.3 Å². The maximum atomic E-state index is 12.7. The molecule has 0 spiro atoms. The summed E-state index contributed by atoms with van der Waals surface area (Å²) in [5.41, 5.74) is 1.17. The molecule has 1 saturated carbocycles. The van der Waals surface area contributed by atoms with Crippen LogP contribution in [0.2, 0.25) is 0 Å². The molecule has 1 amide bonds. The molecule has 2 aromatic rings. The second-order valence-electron chi connectivity index (χ2n) is 6.45. The Morgan fingerprint density at radius 3 is 2.76 bits per heavy atom. The summed E-state index contributed by atoms with van der Waals surface area (Å²) in [7, 11) is 1.59. The predicted molar refractivity (Wildman–Crippen MR) is 92.5 cm³/mol. The molecule has 0 unspecified atom stereocenters. The van der Waals surface area contributed by atoms with Crippen LogP contribution < -0.4 is 9.64 Å². The summed E-state index contributed by atoms with van der Waals surface area (Å²) in [6, 6.07) is 5.72. The molecule has 0 aromatic carbocycles. The molecule has 0 N–H and O–H groups in total. The molecular formula is C18H21N5O2. The smallest absolute Gasteiger partial charge is 0.228 e. The van der Waals surface area contributed by atoms with E-state index in [1.807, 2.05) is 17.2 Å². The van der Waals surface area contributed by atoms with Crippen molar-refractivity contribution in [1.82, 2.24) is 19.9 Å². The van der Waals surface area contributed by atoms with Crippen LogP contribution in [0.4, 0.5) is 5.95 Å². The molecule has 3 heterocycles. The number of methoxy groups -OCH3 is 1. The number of rotatable bonds is 4. The molecule has 0 radical (unpaired) electrons. The quantitative estimate of drug-likeness (QED) is 0.837. The minimum absolute atomic E-state index is 0.115. The van der Waals surface area contributed by atoms with E-state index in [1.54, 1.807) is 25.6 Å². The number of hydrogen-bond donors (Lipinski definition) is 0. The molecule has 7 nitrogen and oxygen atoms in total. The summed E-state index contributed by atoms with van der Waals surface area (Å²) < 4.78 is 5.15. The van der Waals surface area contributed by atoms with Crippen LogP contribution in [0.15, 0.2) is 36.8 Å². The molecule has 7 heteroatoms. The number of anilines is 1. The lowest BCUT2D eigenvalue weighted by molar-refractivity contribution is -0.133. The van der Waals surface area contributed by atoms with Gasteiger partial charge in [-0.25, -0.2) is 4.98 Å². The van der Waals surface area contributed by atoms with Crippen LogP contribution in [-0.4, -0.2) is 59.0 Å². The number of ether oxygens (including phenoxy) is 1. The first kappa shape index (κ1) is 15.8. The van der Waals surface area contributed by atoms with Crippen LogP contribution >= 0.6 is 0 Å². The fourth-order valence-corrected chi connectivity index (χ4v) is 3.39. The van der Waals surface area contributed by atoms with Gasteiger partial charge >= 0.3 is 0 Å².